The van der Waals surface area contributed by atoms with Gasteiger partial charge in [-0.3, -0.25) is 14.5 Å². The number of aryl methyl sites for hydroxylation is 1. The Hall–Kier alpha value is -1.62. The lowest BCUT2D eigenvalue weighted by molar-refractivity contribution is -0.119. The van der Waals surface area contributed by atoms with E-state index < -0.39 is 0 Å². The predicted molar refractivity (Wildman–Crippen MR) is 73.3 cm³/mol. The first kappa shape index (κ1) is 13.8. The summed E-state index contributed by atoms with van der Waals surface area (Å²) >= 11 is 0. The third-order valence-electron chi connectivity index (χ3n) is 4.00. The van der Waals surface area contributed by atoms with E-state index in [2.05, 4.69) is 4.90 Å². The van der Waals surface area contributed by atoms with E-state index in [1.165, 1.54) is 0 Å². The van der Waals surface area contributed by atoms with Gasteiger partial charge in [-0.05, 0) is 19.9 Å². The molecule has 1 aliphatic heterocycles. The molecule has 0 N–H and O–H groups in total. The van der Waals surface area contributed by atoms with Crippen molar-refractivity contribution >= 4 is 12.2 Å². The molecule has 0 spiro atoms. The Morgan fingerprint density at radius 1 is 1.26 bits per heavy atom. The summed E-state index contributed by atoms with van der Waals surface area (Å²) in [6.45, 7) is 7.39. The minimum atomic E-state index is 0.167. The summed E-state index contributed by atoms with van der Waals surface area (Å²) in [5.74, 6) is 0.167. The number of piperazine rings is 1. The average Bonchev–Trinajstić information content (AvgIpc) is 2.67. The molecule has 0 atom stereocenters. The zero-order valence-electron chi connectivity index (χ0n) is 11.8. The van der Waals surface area contributed by atoms with Crippen LogP contribution >= 0.6 is 0 Å². The number of hydrogen-bond donors (Lipinski definition) is 0. The fraction of sp³-hybridized carbons (Fsp3) is 0.571. The number of Topliss-reactive ketones (excluding diaryl/α,β-unsaturated/α-hetero) is 1. The SMILES string of the molecule is Cc1cc(C(=O)CN2CCN(C=O)CC2)c(C)n1C. The van der Waals surface area contributed by atoms with Gasteiger partial charge in [0.1, 0.15) is 0 Å². The smallest absolute Gasteiger partial charge is 0.209 e. The molecule has 104 valence electrons. The van der Waals surface area contributed by atoms with Crippen molar-refractivity contribution in [3.05, 3.63) is 23.0 Å². The number of aromatic nitrogens is 1. The minimum Gasteiger partial charge on any atom is -0.351 e. The molecule has 1 amide bonds. The Labute approximate surface area is 113 Å². The first-order valence-corrected chi connectivity index (χ1v) is 6.60. The van der Waals surface area contributed by atoms with Crippen molar-refractivity contribution in [1.82, 2.24) is 14.4 Å². The quantitative estimate of drug-likeness (QED) is 0.590. The van der Waals surface area contributed by atoms with E-state index >= 15 is 0 Å². The topological polar surface area (TPSA) is 45.6 Å². The van der Waals surface area contributed by atoms with Crippen LogP contribution in [0.15, 0.2) is 6.07 Å². The highest BCUT2D eigenvalue weighted by Gasteiger charge is 2.20. The van der Waals surface area contributed by atoms with Gasteiger partial charge in [0, 0.05) is 50.2 Å². The van der Waals surface area contributed by atoms with Gasteiger partial charge in [-0.1, -0.05) is 0 Å². The van der Waals surface area contributed by atoms with Gasteiger partial charge in [0.2, 0.25) is 6.41 Å². The van der Waals surface area contributed by atoms with Crippen molar-refractivity contribution in [3.63, 3.8) is 0 Å². The minimum absolute atomic E-state index is 0.167. The van der Waals surface area contributed by atoms with Gasteiger partial charge >= 0.3 is 0 Å². The average molecular weight is 263 g/mol. The molecule has 2 heterocycles. The molecule has 1 saturated heterocycles. The third-order valence-corrected chi connectivity index (χ3v) is 4.00. The number of carbonyl (C=O) groups is 2. The van der Waals surface area contributed by atoms with E-state index in [-0.39, 0.29) is 5.78 Å². The Morgan fingerprint density at radius 2 is 1.89 bits per heavy atom. The zero-order valence-corrected chi connectivity index (χ0v) is 11.8. The maximum absolute atomic E-state index is 12.3. The van der Waals surface area contributed by atoms with Crippen molar-refractivity contribution in [3.8, 4) is 0 Å². The summed E-state index contributed by atoms with van der Waals surface area (Å²) in [6.07, 6.45) is 0.879. The van der Waals surface area contributed by atoms with E-state index in [1.807, 2.05) is 31.5 Å². The molecule has 1 fully saturated rings. The summed E-state index contributed by atoms with van der Waals surface area (Å²) in [5, 5.41) is 0. The van der Waals surface area contributed by atoms with Crippen LogP contribution in [0.2, 0.25) is 0 Å². The second kappa shape index (κ2) is 5.57. The van der Waals surface area contributed by atoms with Crippen molar-refractivity contribution in [2.75, 3.05) is 32.7 Å². The van der Waals surface area contributed by atoms with E-state index in [9.17, 15) is 9.59 Å². The number of amides is 1. The van der Waals surface area contributed by atoms with Crippen molar-refractivity contribution in [2.24, 2.45) is 7.05 Å². The molecule has 0 aromatic carbocycles. The second-order valence-electron chi connectivity index (χ2n) is 5.18. The maximum atomic E-state index is 12.3. The van der Waals surface area contributed by atoms with Gasteiger partial charge in [0.15, 0.2) is 5.78 Å². The lowest BCUT2D eigenvalue weighted by atomic mass is 10.1. The molecular weight excluding hydrogens is 242 g/mol. The number of hydrogen-bond acceptors (Lipinski definition) is 3. The highest BCUT2D eigenvalue weighted by atomic mass is 16.1. The first-order chi connectivity index (χ1) is 9.02. The maximum Gasteiger partial charge on any atom is 0.209 e. The molecule has 0 bridgehead atoms. The van der Waals surface area contributed by atoms with E-state index in [4.69, 9.17) is 0 Å². The number of rotatable bonds is 4. The fourth-order valence-electron chi connectivity index (χ4n) is 2.45. The molecular formula is C14H21N3O2. The summed E-state index contributed by atoms with van der Waals surface area (Å²) in [6, 6.07) is 1.96. The van der Waals surface area contributed by atoms with E-state index in [0.717, 1.165) is 36.5 Å². The van der Waals surface area contributed by atoms with Gasteiger partial charge in [-0.15, -0.1) is 0 Å². The number of nitrogens with zero attached hydrogens (tertiary/aromatic N) is 3. The van der Waals surface area contributed by atoms with Crippen LogP contribution in [0.4, 0.5) is 0 Å². The van der Waals surface area contributed by atoms with E-state index in [0.29, 0.717) is 19.6 Å². The highest BCUT2D eigenvalue weighted by Crippen LogP contribution is 2.14. The molecule has 5 heteroatoms. The number of ketones is 1. The fourth-order valence-corrected chi connectivity index (χ4v) is 2.45. The van der Waals surface area contributed by atoms with Crippen LogP contribution in [0.25, 0.3) is 0 Å². The van der Waals surface area contributed by atoms with Gasteiger partial charge in [0.05, 0.1) is 6.54 Å². The van der Waals surface area contributed by atoms with Crippen molar-refractivity contribution < 1.29 is 9.59 Å². The summed E-state index contributed by atoms with van der Waals surface area (Å²) in [4.78, 5) is 26.8. The van der Waals surface area contributed by atoms with Gasteiger partial charge < -0.3 is 9.47 Å². The van der Waals surface area contributed by atoms with Crippen LogP contribution in [0.1, 0.15) is 21.7 Å². The van der Waals surface area contributed by atoms with Gasteiger partial charge in [0.25, 0.3) is 0 Å². The van der Waals surface area contributed by atoms with Crippen LogP contribution in [0.5, 0.6) is 0 Å². The molecule has 0 aliphatic carbocycles. The van der Waals surface area contributed by atoms with Crippen LogP contribution < -0.4 is 0 Å². The molecule has 0 radical (unpaired) electrons. The standard InChI is InChI=1S/C14H21N3O2/c1-11-8-13(12(2)15(11)3)14(19)9-16-4-6-17(10-18)7-5-16/h8,10H,4-7,9H2,1-3H3. The Balaban J connectivity index is 1.98. The monoisotopic (exact) mass is 263 g/mol. The molecule has 1 aromatic rings. The zero-order chi connectivity index (χ0) is 14.0. The summed E-state index contributed by atoms with van der Waals surface area (Å²) in [7, 11) is 1.98. The lowest BCUT2D eigenvalue weighted by Gasteiger charge is -2.31. The normalized spacial score (nSPS) is 16.7. The lowest BCUT2D eigenvalue weighted by Crippen LogP contribution is -2.47. The molecule has 0 unspecified atom stereocenters. The first-order valence-electron chi connectivity index (χ1n) is 6.60. The van der Waals surface area contributed by atoms with Crippen LogP contribution in [0, 0.1) is 13.8 Å². The molecule has 1 aromatic heterocycles. The largest absolute Gasteiger partial charge is 0.351 e. The number of carbonyl (C=O) groups excluding carboxylic acids is 2. The highest BCUT2D eigenvalue weighted by molar-refractivity contribution is 5.99. The summed E-state index contributed by atoms with van der Waals surface area (Å²) < 4.78 is 2.04. The van der Waals surface area contributed by atoms with Crippen LogP contribution in [-0.4, -0.2) is 59.3 Å². The van der Waals surface area contributed by atoms with Crippen LogP contribution in [-0.2, 0) is 11.8 Å². The second-order valence-corrected chi connectivity index (χ2v) is 5.18. The van der Waals surface area contributed by atoms with Crippen molar-refractivity contribution in [1.29, 1.82) is 0 Å². The molecule has 19 heavy (non-hydrogen) atoms. The van der Waals surface area contributed by atoms with Crippen LogP contribution in [0.3, 0.4) is 0 Å². The molecule has 0 saturated carbocycles. The van der Waals surface area contributed by atoms with Gasteiger partial charge in [-0.2, -0.15) is 0 Å². The molecule has 1 aliphatic rings. The Bertz CT molecular complexity index is 485. The van der Waals surface area contributed by atoms with Crippen molar-refractivity contribution in [2.45, 2.75) is 13.8 Å². The third kappa shape index (κ3) is 2.87. The Morgan fingerprint density at radius 3 is 2.37 bits per heavy atom. The molecule has 5 nitrogen and oxygen atoms in total. The predicted octanol–water partition coefficient (Wildman–Crippen LogP) is 0.599. The summed E-state index contributed by atoms with van der Waals surface area (Å²) in [5.41, 5.74) is 2.94. The van der Waals surface area contributed by atoms with Gasteiger partial charge in [-0.25, -0.2) is 0 Å². The molecule has 2 rings (SSSR count). The Kier molecular flexibility index (Phi) is 4.04. The van der Waals surface area contributed by atoms with E-state index in [1.54, 1.807) is 4.90 Å².